The van der Waals surface area contributed by atoms with Crippen molar-refractivity contribution >= 4 is 0 Å². The van der Waals surface area contributed by atoms with Crippen molar-refractivity contribution in [1.82, 2.24) is 0 Å². The molecule has 0 radical (unpaired) electrons. The molecular weight excluding hydrogens is 380 g/mol. The fraction of sp³-hybridized carbons (Fsp3) is 0.920. The van der Waals surface area contributed by atoms with E-state index in [9.17, 15) is 5.11 Å². The Balaban J connectivity index is 1.37. The van der Waals surface area contributed by atoms with E-state index in [1.165, 1.54) is 0 Å². The van der Waals surface area contributed by atoms with Crippen molar-refractivity contribution in [3.63, 3.8) is 0 Å². The normalized spacial score (nSPS) is 53.3. The molecule has 5 heteroatoms. The van der Waals surface area contributed by atoms with Crippen molar-refractivity contribution in [3.8, 4) is 12.3 Å². The molecule has 0 aromatic rings. The predicted octanol–water partition coefficient (Wildman–Crippen LogP) is 3.49. The van der Waals surface area contributed by atoms with Crippen LogP contribution in [0.4, 0.5) is 0 Å². The summed E-state index contributed by atoms with van der Waals surface area (Å²) < 4.78 is 24.6. The minimum Gasteiger partial charge on any atom is -0.388 e. The number of aliphatic hydroxyl groups is 1. The quantitative estimate of drug-likeness (QED) is 0.613. The summed E-state index contributed by atoms with van der Waals surface area (Å²) >= 11 is 0. The Morgan fingerprint density at radius 3 is 2.17 bits per heavy atom. The van der Waals surface area contributed by atoms with E-state index in [2.05, 4.69) is 19.8 Å². The SMILES string of the molecule is C#C[C@@H]1C[C@H]2[C@@H]3CCC4(OCCO4)[C@@]3(C)CC[C@@H]2[C@@]2(C)CCC3(C[C@]12O)OCCO3. The summed E-state index contributed by atoms with van der Waals surface area (Å²) in [5.41, 5.74) is -1.10. The number of hydrogen-bond acceptors (Lipinski definition) is 5. The van der Waals surface area contributed by atoms with Crippen LogP contribution in [0.1, 0.15) is 65.2 Å². The summed E-state index contributed by atoms with van der Waals surface area (Å²) in [4.78, 5) is 0. The molecule has 0 unspecified atom stereocenters. The first-order valence-electron chi connectivity index (χ1n) is 12.1. The van der Waals surface area contributed by atoms with E-state index in [-0.39, 0.29) is 16.7 Å². The zero-order chi connectivity index (χ0) is 20.8. The number of ether oxygens (including phenoxy) is 4. The molecule has 4 saturated carbocycles. The monoisotopic (exact) mass is 416 g/mol. The maximum atomic E-state index is 12.2. The maximum absolute atomic E-state index is 12.2. The first-order chi connectivity index (χ1) is 14.3. The molecule has 0 aromatic heterocycles. The van der Waals surface area contributed by atoms with Gasteiger partial charge in [-0.25, -0.2) is 0 Å². The highest BCUT2D eigenvalue weighted by molar-refractivity contribution is 5.23. The lowest BCUT2D eigenvalue weighted by molar-refractivity contribution is -0.303. The Hall–Kier alpha value is -0.640. The third-order valence-corrected chi connectivity index (χ3v) is 10.7. The first kappa shape index (κ1) is 20.0. The van der Waals surface area contributed by atoms with Crippen LogP contribution in [0, 0.1) is 46.8 Å². The van der Waals surface area contributed by atoms with Gasteiger partial charge in [-0.15, -0.1) is 12.3 Å². The highest BCUT2D eigenvalue weighted by Crippen LogP contribution is 2.71. The van der Waals surface area contributed by atoms with Crippen LogP contribution in [0.25, 0.3) is 0 Å². The molecule has 6 aliphatic rings. The van der Waals surface area contributed by atoms with Gasteiger partial charge in [-0.2, -0.15) is 0 Å². The van der Waals surface area contributed by atoms with Crippen LogP contribution < -0.4 is 0 Å². The molecule has 0 bridgehead atoms. The van der Waals surface area contributed by atoms with E-state index in [1.807, 2.05) is 0 Å². The third-order valence-electron chi connectivity index (χ3n) is 10.7. The molecule has 0 amide bonds. The van der Waals surface area contributed by atoms with Gasteiger partial charge in [0.25, 0.3) is 0 Å². The van der Waals surface area contributed by atoms with Gasteiger partial charge in [-0.05, 0) is 49.9 Å². The molecule has 2 heterocycles. The molecular formula is C25H36O5. The second-order valence-electron chi connectivity index (χ2n) is 11.4. The van der Waals surface area contributed by atoms with Crippen molar-refractivity contribution in [2.45, 2.75) is 82.4 Å². The molecule has 5 nitrogen and oxygen atoms in total. The van der Waals surface area contributed by atoms with Gasteiger partial charge in [-0.3, -0.25) is 0 Å². The van der Waals surface area contributed by atoms with Crippen LogP contribution in [-0.4, -0.2) is 48.7 Å². The van der Waals surface area contributed by atoms with Gasteiger partial charge in [0, 0.05) is 36.0 Å². The van der Waals surface area contributed by atoms with E-state index in [1.54, 1.807) is 0 Å². The van der Waals surface area contributed by atoms with Crippen molar-refractivity contribution in [1.29, 1.82) is 0 Å². The molecule has 7 atom stereocenters. The molecule has 6 fully saturated rings. The second kappa shape index (κ2) is 6.23. The van der Waals surface area contributed by atoms with Crippen LogP contribution in [0.3, 0.4) is 0 Å². The third kappa shape index (κ3) is 2.23. The fourth-order valence-electron chi connectivity index (χ4n) is 9.10. The second-order valence-corrected chi connectivity index (χ2v) is 11.4. The first-order valence-corrected chi connectivity index (χ1v) is 12.1. The minimum absolute atomic E-state index is 0.0448. The van der Waals surface area contributed by atoms with Crippen LogP contribution in [0.2, 0.25) is 0 Å². The Labute approximate surface area is 180 Å². The van der Waals surface area contributed by atoms with Gasteiger partial charge in [0.15, 0.2) is 11.6 Å². The van der Waals surface area contributed by atoms with Gasteiger partial charge >= 0.3 is 0 Å². The smallest absolute Gasteiger partial charge is 0.174 e. The zero-order valence-electron chi connectivity index (χ0n) is 18.5. The lowest BCUT2D eigenvalue weighted by Gasteiger charge is -2.66. The van der Waals surface area contributed by atoms with Gasteiger partial charge in [0.2, 0.25) is 0 Å². The predicted molar refractivity (Wildman–Crippen MR) is 110 cm³/mol. The Morgan fingerprint density at radius 1 is 0.833 bits per heavy atom. The number of rotatable bonds is 0. The summed E-state index contributed by atoms with van der Waals surface area (Å²) in [5, 5.41) is 12.2. The minimum atomic E-state index is -0.935. The molecule has 4 aliphatic carbocycles. The van der Waals surface area contributed by atoms with E-state index in [0.717, 1.165) is 44.9 Å². The summed E-state index contributed by atoms with van der Waals surface area (Å²) in [6, 6.07) is 0. The van der Waals surface area contributed by atoms with E-state index < -0.39 is 17.2 Å². The number of hydrogen-bond donors (Lipinski definition) is 1. The molecule has 1 N–H and O–H groups in total. The zero-order valence-corrected chi connectivity index (χ0v) is 18.5. The van der Waals surface area contributed by atoms with Crippen molar-refractivity contribution in [2.24, 2.45) is 34.5 Å². The van der Waals surface area contributed by atoms with Crippen LogP contribution >= 0.6 is 0 Å². The Kier molecular flexibility index (Phi) is 4.16. The van der Waals surface area contributed by atoms with Gasteiger partial charge in [0.05, 0.1) is 32.0 Å². The summed E-state index contributed by atoms with van der Waals surface area (Å²) in [5.74, 6) is 3.37. The maximum Gasteiger partial charge on any atom is 0.174 e. The van der Waals surface area contributed by atoms with Crippen molar-refractivity contribution < 1.29 is 24.1 Å². The average molecular weight is 417 g/mol. The van der Waals surface area contributed by atoms with E-state index in [4.69, 9.17) is 25.4 Å². The molecule has 30 heavy (non-hydrogen) atoms. The van der Waals surface area contributed by atoms with Gasteiger partial charge in [-0.1, -0.05) is 13.8 Å². The lowest BCUT2D eigenvalue weighted by atomic mass is 9.41. The standard InChI is InChI=1S/C25H36O5/c1-4-17-15-18-19(5-7-22(3)20(18)6-8-25(22)29-13-14-30-25)21(2)9-10-23(16-24(17,21)26)27-11-12-28-23/h1,17-20,26H,5-16H2,2-3H3/t17-,18-,19+,20+,21-,22+,24+/m1/s1. The van der Waals surface area contributed by atoms with E-state index in [0.29, 0.717) is 50.6 Å². The fourth-order valence-corrected chi connectivity index (χ4v) is 9.10. The summed E-state index contributed by atoms with van der Waals surface area (Å²) in [7, 11) is 0. The molecule has 6 rings (SSSR count). The number of fused-ring (bicyclic) bond motifs is 6. The summed E-state index contributed by atoms with van der Waals surface area (Å²) in [6.07, 6.45) is 13.6. The lowest BCUT2D eigenvalue weighted by Crippen LogP contribution is -2.68. The van der Waals surface area contributed by atoms with Crippen molar-refractivity contribution in [2.75, 3.05) is 26.4 Å². The molecule has 0 aromatic carbocycles. The molecule has 2 aliphatic heterocycles. The average Bonchev–Trinajstić information content (AvgIpc) is 3.45. The van der Waals surface area contributed by atoms with Crippen molar-refractivity contribution in [3.05, 3.63) is 0 Å². The molecule has 166 valence electrons. The van der Waals surface area contributed by atoms with E-state index >= 15 is 0 Å². The Morgan fingerprint density at radius 2 is 1.47 bits per heavy atom. The van der Waals surface area contributed by atoms with Crippen LogP contribution in [0.15, 0.2) is 0 Å². The van der Waals surface area contributed by atoms with Gasteiger partial charge in [0.1, 0.15) is 0 Å². The van der Waals surface area contributed by atoms with Crippen LogP contribution in [0.5, 0.6) is 0 Å². The highest BCUT2D eigenvalue weighted by atomic mass is 16.7. The van der Waals surface area contributed by atoms with Gasteiger partial charge < -0.3 is 24.1 Å². The topological polar surface area (TPSA) is 57.2 Å². The molecule has 2 saturated heterocycles. The summed E-state index contributed by atoms with van der Waals surface area (Å²) in [6.45, 7) is 7.36. The number of terminal acetylenes is 1. The highest BCUT2D eigenvalue weighted by Gasteiger charge is 2.72. The largest absolute Gasteiger partial charge is 0.388 e. The Bertz CT molecular complexity index is 762. The molecule has 2 spiro atoms. The van der Waals surface area contributed by atoms with Crippen LogP contribution in [-0.2, 0) is 18.9 Å².